The van der Waals surface area contributed by atoms with Crippen molar-refractivity contribution in [3.05, 3.63) is 29.1 Å². The number of sulfone groups is 1. The van der Waals surface area contributed by atoms with E-state index in [1.54, 1.807) is 7.11 Å². The van der Waals surface area contributed by atoms with Crippen molar-refractivity contribution in [3.8, 4) is 17.0 Å². The predicted octanol–water partition coefficient (Wildman–Crippen LogP) is 2.50. The Morgan fingerprint density at radius 1 is 1.39 bits per heavy atom. The summed E-state index contributed by atoms with van der Waals surface area (Å²) in [6.07, 6.45) is 1.02. The van der Waals surface area contributed by atoms with E-state index in [0.29, 0.717) is 16.6 Å². The second-order valence-electron chi connectivity index (χ2n) is 5.17. The zero-order valence-electron chi connectivity index (χ0n) is 13.1. The lowest BCUT2D eigenvalue weighted by Crippen LogP contribution is -2.16. The summed E-state index contributed by atoms with van der Waals surface area (Å²) in [6, 6.07) is 5.78. The van der Waals surface area contributed by atoms with Gasteiger partial charge < -0.3 is 10.1 Å². The summed E-state index contributed by atoms with van der Waals surface area (Å²) in [4.78, 5) is 16.1. The number of aryl methyl sites for hydroxylation is 1. The van der Waals surface area contributed by atoms with Gasteiger partial charge in [0, 0.05) is 23.6 Å². The molecule has 2 rings (SSSR count). The fourth-order valence-corrected chi connectivity index (χ4v) is 3.22. The molecule has 0 aliphatic carbocycles. The van der Waals surface area contributed by atoms with E-state index in [1.807, 2.05) is 30.5 Å². The van der Waals surface area contributed by atoms with Crippen LogP contribution < -0.4 is 10.1 Å². The molecule has 0 radical (unpaired) electrons. The topological polar surface area (TPSA) is 85.4 Å². The Labute approximate surface area is 139 Å². The van der Waals surface area contributed by atoms with Gasteiger partial charge in [-0.15, -0.1) is 11.3 Å². The normalized spacial score (nSPS) is 11.3. The van der Waals surface area contributed by atoms with E-state index in [4.69, 9.17) is 4.74 Å². The molecule has 0 fully saturated rings. The smallest absolute Gasteiger partial charge is 0.227 e. The van der Waals surface area contributed by atoms with Crippen LogP contribution in [0.4, 0.5) is 5.13 Å². The summed E-state index contributed by atoms with van der Waals surface area (Å²) in [6.45, 7) is 1.98. The minimum atomic E-state index is -3.16. The molecule has 1 aromatic heterocycles. The molecule has 0 unspecified atom stereocenters. The zero-order valence-corrected chi connectivity index (χ0v) is 14.8. The van der Waals surface area contributed by atoms with Crippen molar-refractivity contribution in [1.29, 1.82) is 0 Å². The van der Waals surface area contributed by atoms with Crippen LogP contribution >= 0.6 is 11.3 Å². The molecule has 0 saturated heterocycles. The first-order chi connectivity index (χ1) is 10.8. The lowest BCUT2D eigenvalue weighted by Gasteiger charge is -2.07. The maximum absolute atomic E-state index is 11.7. The highest BCUT2D eigenvalue weighted by Gasteiger charge is 2.13. The zero-order chi connectivity index (χ0) is 17.0. The van der Waals surface area contributed by atoms with Gasteiger partial charge in [0.2, 0.25) is 5.91 Å². The Hall–Kier alpha value is -1.93. The maximum Gasteiger partial charge on any atom is 0.227 e. The second kappa shape index (κ2) is 7.10. The minimum Gasteiger partial charge on any atom is -0.496 e. The molecule has 1 amide bonds. The Kier molecular flexibility index (Phi) is 5.38. The molecule has 23 heavy (non-hydrogen) atoms. The third-order valence-corrected chi connectivity index (χ3v) is 4.78. The molecule has 8 heteroatoms. The Bertz CT molecular complexity index is 813. The minimum absolute atomic E-state index is 0.0818. The number of benzene rings is 1. The second-order valence-corrected chi connectivity index (χ2v) is 8.29. The third kappa shape index (κ3) is 5.04. The first kappa shape index (κ1) is 17.4. The fraction of sp³-hybridized carbons (Fsp3) is 0.333. The number of anilines is 1. The van der Waals surface area contributed by atoms with E-state index < -0.39 is 9.84 Å². The summed E-state index contributed by atoms with van der Waals surface area (Å²) < 4.78 is 27.5. The van der Waals surface area contributed by atoms with Crippen molar-refractivity contribution in [2.24, 2.45) is 0 Å². The van der Waals surface area contributed by atoms with Crippen LogP contribution in [0.15, 0.2) is 23.6 Å². The number of thiazole rings is 1. The number of rotatable bonds is 6. The number of aromatic nitrogens is 1. The van der Waals surface area contributed by atoms with Gasteiger partial charge in [-0.1, -0.05) is 11.6 Å². The largest absolute Gasteiger partial charge is 0.496 e. The highest BCUT2D eigenvalue weighted by atomic mass is 32.2. The first-order valence-corrected chi connectivity index (χ1v) is 9.80. The van der Waals surface area contributed by atoms with E-state index in [0.717, 1.165) is 17.4 Å². The molecule has 6 nitrogen and oxygen atoms in total. The van der Waals surface area contributed by atoms with Crippen LogP contribution in [-0.4, -0.2) is 38.4 Å². The van der Waals surface area contributed by atoms with Gasteiger partial charge in [0.1, 0.15) is 15.6 Å². The third-order valence-electron chi connectivity index (χ3n) is 3.08. The number of amides is 1. The predicted molar refractivity (Wildman–Crippen MR) is 91.8 cm³/mol. The number of hydrogen-bond donors (Lipinski definition) is 1. The first-order valence-electron chi connectivity index (χ1n) is 6.86. The van der Waals surface area contributed by atoms with Crippen molar-refractivity contribution in [2.45, 2.75) is 13.3 Å². The summed E-state index contributed by atoms with van der Waals surface area (Å²) in [5, 5.41) is 4.88. The molecule has 2 aromatic rings. The van der Waals surface area contributed by atoms with E-state index in [-0.39, 0.29) is 18.1 Å². The highest BCUT2D eigenvalue weighted by Crippen LogP contribution is 2.32. The molecule has 124 valence electrons. The van der Waals surface area contributed by atoms with Crippen LogP contribution in [0, 0.1) is 6.92 Å². The van der Waals surface area contributed by atoms with Gasteiger partial charge in [-0.2, -0.15) is 0 Å². The van der Waals surface area contributed by atoms with Crippen LogP contribution in [0.25, 0.3) is 11.3 Å². The van der Waals surface area contributed by atoms with Gasteiger partial charge in [-0.25, -0.2) is 13.4 Å². The fourth-order valence-electron chi connectivity index (χ4n) is 1.94. The number of nitrogens with one attached hydrogen (secondary N) is 1. The van der Waals surface area contributed by atoms with Crippen LogP contribution in [0.5, 0.6) is 5.75 Å². The average molecular weight is 354 g/mol. The number of ether oxygens (including phenoxy) is 1. The summed E-state index contributed by atoms with van der Waals surface area (Å²) in [7, 11) is -1.57. The van der Waals surface area contributed by atoms with Crippen molar-refractivity contribution < 1.29 is 17.9 Å². The van der Waals surface area contributed by atoms with Crippen molar-refractivity contribution in [3.63, 3.8) is 0 Å². The Morgan fingerprint density at radius 3 is 2.78 bits per heavy atom. The van der Waals surface area contributed by atoms with E-state index >= 15 is 0 Å². The lowest BCUT2D eigenvalue weighted by molar-refractivity contribution is -0.115. The molecule has 0 spiro atoms. The molecule has 0 aliphatic rings. The molecular formula is C15H18N2O4S2. The van der Waals surface area contributed by atoms with E-state index in [2.05, 4.69) is 10.3 Å². The molecule has 0 bridgehead atoms. The van der Waals surface area contributed by atoms with Gasteiger partial charge in [0.05, 0.1) is 18.6 Å². The molecular weight excluding hydrogens is 336 g/mol. The summed E-state index contributed by atoms with van der Waals surface area (Å²) in [5.41, 5.74) is 2.63. The van der Waals surface area contributed by atoms with Crippen LogP contribution in [0.2, 0.25) is 0 Å². The van der Waals surface area contributed by atoms with Gasteiger partial charge in [-0.3, -0.25) is 4.79 Å². The van der Waals surface area contributed by atoms with Crippen molar-refractivity contribution in [2.75, 3.05) is 24.4 Å². The molecule has 1 N–H and O–H groups in total. The Morgan fingerprint density at radius 2 is 2.13 bits per heavy atom. The van der Waals surface area contributed by atoms with E-state index in [1.165, 1.54) is 11.3 Å². The number of methoxy groups -OCH3 is 1. The molecule has 0 aliphatic heterocycles. The maximum atomic E-state index is 11.7. The van der Waals surface area contributed by atoms with Gasteiger partial charge in [-0.05, 0) is 19.1 Å². The van der Waals surface area contributed by atoms with Gasteiger partial charge >= 0.3 is 0 Å². The SMILES string of the molecule is COc1ccc(C)cc1-c1csc(NC(=O)CCS(C)(=O)=O)n1. The van der Waals surface area contributed by atoms with Gasteiger partial charge in [0.15, 0.2) is 5.13 Å². The number of carbonyl (C=O) groups is 1. The standard InChI is InChI=1S/C15H18N2O4S2/c1-10-4-5-13(21-2)11(8-10)12-9-22-15(16-12)17-14(18)6-7-23(3,19)20/h4-5,8-9H,6-7H2,1-3H3,(H,16,17,18). The van der Waals surface area contributed by atoms with Gasteiger partial charge in [0.25, 0.3) is 0 Å². The molecule has 0 atom stereocenters. The Balaban J connectivity index is 2.12. The number of nitrogens with zero attached hydrogens (tertiary/aromatic N) is 1. The van der Waals surface area contributed by atoms with Crippen molar-refractivity contribution >= 4 is 32.2 Å². The molecule has 0 saturated carbocycles. The summed E-state index contributed by atoms with van der Waals surface area (Å²) >= 11 is 1.28. The molecule has 1 heterocycles. The molecule has 1 aromatic carbocycles. The number of hydrogen-bond acceptors (Lipinski definition) is 6. The highest BCUT2D eigenvalue weighted by molar-refractivity contribution is 7.90. The lowest BCUT2D eigenvalue weighted by atomic mass is 10.1. The number of carbonyl (C=O) groups excluding carboxylic acids is 1. The van der Waals surface area contributed by atoms with Crippen LogP contribution in [0.1, 0.15) is 12.0 Å². The van der Waals surface area contributed by atoms with E-state index in [9.17, 15) is 13.2 Å². The van der Waals surface area contributed by atoms with Crippen LogP contribution in [0.3, 0.4) is 0 Å². The average Bonchev–Trinajstić information content (AvgIpc) is 2.92. The monoisotopic (exact) mass is 354 g/mol. The quantitative estimate of drug-likeness (QED) is 0.861. The van der Waals surface area contributed by atoms with Crippen LogP contribution in [-0.2, 0) is 14.6 Å². The van der Waals surface area contributed by atoms with Crippen molar-refractivity contribution in [1.82, 2.24) is 4.98 Å². The summed E-state index contributed by atoms with van der Waals surface area (Å²) in [5.74, 6) is 0.159.